The Bertz CT molecular complexity index is 316. The first-order valence-corrected chi connectivity index (χ1v) is 6.62. The van der Waals surface area contributed by atoms with Crippen LogP contribution in [0.15, 0.2) is 0 Å². The highest BCUT2D eigenvalue weighted by atomic mass is 16.5. The summed E-state index contributed by atoms with van der Waals surface area (Å²) in [7, 11) is 1.48. The molecule has 0 radical (unpaired) electrons. The van der Waals surface area contributed by atoms with Gasteiger partial charge in [-0.2, -0.15) is 0 Å². The molecule has 2 unspecified atom stereocenters. The summed E-state index contributed by atoms with van der Waals surface area (Å²) >= 11 is 0. The fourth-order valence-electron chi connectivity index (χ4n) is 1.79. The molecule has 0 aliphatic carbocycles. The maximum absolute atomic E-state index is 12.0. The van der Waals surface area contributed by atoms with E-state index in [9.17, 15) is 14.7 Å². The van der Waals surface area contributed by atoms with E-state index in [0.29, 0.717) is 12.8 Å². The summed E-state index contributed by atoms with van der Waals surface area (Å²) in [6.45, 7) is 9.63. The Balaban J connectivity index is 4.57. The van der Waals surface area contributed by atoms with Crippen LogP contribution in [0, 0.1) is 11.3 Å². The van der Waals surface area contributed by atoms with E-state index in [1.165, 1.54) is 7.11 Å². The average molecular weight is 273 g/mol. The van der Waals surface area contributed by atoms with E-state index in [4.69, 9.17) is 4.74 Å². The lowest BCUT2D eigenvalue weighted by Gasteiger charge is -2.27. The SMILES string of the molecule is CCC(C)(OC)C(=O)NCC(CC(C)(C)C)C(=O)O. The number of aliphatic carboxylic acids is 1. The van der Waals surface area contributed by atoms with Crippen molar-refractivity contribution in [2.24, 2.45) is 11.3 Å². The van der Waals surface area contributed by atoms with Crippen molar-refractivity contribution in [2.75, 3.05) is 13.7 Å². The fraction of sp³-hybridized carbons (Fsp3) is 0.857. The third-order valence-electron chi connectivity index (χ3n) is 3.32. The molecule has 2 atom stereocenters. The number of hydrogen-bond acceptors (Lipinski definition) is 3. The van der Waals surface area contributed by atoms with Gasteiger partial charge in [0, 0.05) is 13.7 Å². The number of ether oxygens (including phenoxy) is 1. The first-order valence-electron chi connectivity index (χ1n) is 6.62. The van der Waals surface area contributed by atoms with Gasteiger partial charge in [0.25, 0.3) is 5.91 Å². The van der Waals surface area contributed by atoms with Crippen LogP contribution in [0.2, 0.25) is 0 Å². The molecule has 19 heavy (non-hydrogen) atoms. The van der Waals surface area contributed by atoms with Crippen molar-refractivity contribution >= 4 is 11.9 Å². The zero-order valence-electron chi connectivity index (χ0n) is 12.9. The standard InChI is InChI=1S/C14H27NO4/c1-7-14(5,19-6)12(18)15-9-10(11(16)17)8-13(2,3)4/h10H,7-9H2,1-6H3,(H,15,18)(H,16,17). The molecule has 0 bridgehead atoms. The van der Waals surface area contributed by atoms with Crippen LogP contribution in [0.5, 0.6) is 0 Å². The summed E-state index contributed by atoms with van der Waals surface area (Å²) in [6, 6.07) is 0. The van der Waals surface area contributed by atoms with Gasteiger partial charge in [-0.05, 0) is 25.2 Å². The quantitative estimate of drug-likeness (QED) is 0.744. The van der Waals surface area contributed by atoms with Crippen molar-refractivity contribution in [3.63, 3.8) is 0 Å². The van der Waals surface area contributed by atoms with E-state index in [1.54, 1.807) is 6.92 Å². The number of rotatable bonds is 7. The van der Waals surface area contributed by atoms with Crippen LogP contribution >= 0.6 is 0 Å². The number of amides is 1. The Morgan fingerprint density at radius 2 is 1.79 bits per heavy atom. The maximum atomic E-state index is 12.0. The van der Waals surface area contributed by atoms with Crippen molar-refractivity contribution in [3.05, 3.63) is 0 Å². The van der Waals surface area contributed by atoms with Crippen LogP contribution in [0.3, 0.4) is 0 Å². The van der Waals surface area contributed by atoms with Gasteiger partial charge in [0.05, 0.1) is 5.92 Å². The number of hydrogen-bond donors (Lipinski definition) is 2. The Morgan fingerprint density at radius 3 is 2.11 bits per heavy atom. The molecule has 0 spiro atoms. The second-order valence-corrected chi connectivity index (χ2v) is 6.30. The lowest BCUT2D eigenvalue weighted by molar-refractivity contribution is -0.145. The second-order valence-electron chi connectivity index (χ2n) is 6.30. The molecule has 0 aromatic carbocycles. The second kappa shape index (κ2) is 6.89. The molecule has 0 aliphatic rings. The van der Waals surface area contributed by atoms with Crippen molar-refractivity contribution in [1.29, 1.82) is 0 Å². The fourth-order valence-corrected chi connectivity index (χ4v) is 1.79. The first kappa shape index (κ1) is 17.9. The topological polar surface area (TPSA) is 75.6 Å². The molecule has 0 aromatic rings. The minimum atomic E-state index is -0.898. The molecule has 0 rings (SSSR count). The number of carbonyl (C=O) groups excluding carboxylic acids is 1. The van der Waals surface area contributed by atoms with Crippen LogP contribution in [-0.2, 0) is 14.3 Å². The van der Waals surface area contributed by atoms with Gasteiger partial charge in [-0.15, -0.1) is 0 Å². The molecular weight excluding hydrogens is 246 g/mol. The number of nitrogens with one attached hydrogen (secondary N) is 1. The predicted octanol–water partition coefficient (Wildman–Crippen LogP) is 2.05. The van der Waals surface area contributed by atoms with Crippen LogP contribution < -0.4 is 5.32 Å². The maximum Gasteiger partial charge on any atom is 0.308 e. The Morgan fingerprint density at radius 1 is 1.26 bits per heavy atom. The predicted molar refractivity (Wildman–Crippen MR) is 73.9 cm³/mol. The van der Waals surface area contributed by atoms with Gasteiger partial charge < -0.3 is 15.2 Å². The smallest absolute Gasteiger partial charge is 0.308 e. The van der Waals surface area contributed by atoms with Crippen LogP contribution in [0.1, 0.15) is 47.5 Å². The van der Waals surface area contributed by atoms with Crippen LogP contribution in [0.25, 0.3) is 0 Å². The molecule has 2 N–H and O–H groups in total. The molecular formula is C14H27NO4. The highest BCUT2D eigenvalue weighted by Crippen LogP contribution is 2.24. The lowest BCUT2D eigenvalue weighted by atomic mass is 9.84. The number of carboxylic acids is 1. The summed E-state index contributed by atoms with van der Waals surface area (Å²) < 4.78 is 5.18. The molecule has 0 saturated carbocycles. The van der Waals surface area contributed by atoms with Crippen molar-refractivity contribution in [3.8, 4) is 0 Å². The Hall–Kier alpha value is -1.10. The van der Waals surface area contributed by atoms with E-state index < -0.39 is 17.5 Å². The van der Waals surface area contributed by atoms with E-state index in [1.807, 2.05) is 27.7 Å². The normalized spacial score (nSPS) is 16.5. The average Bonchev–Trinajstić information content (AvgIpc) is 2.31. The van der Waals surface area contributed by atoms with Gasteiger partial charge in [0.15, 0.2) is 0 Å². The highest BCUT2D eigenvalue weighted by molar-refractivity contribution is 5.85. The van der Waals surface area contributed by atoms with E-state index >= 15 is 0 Å². The van der Waals surface area contributed by atoms with Gasteiger partial charge >= 0.3 is 5.97 Å². The number of carboxylic acid groups (broad SMARTS) is 1. The van der Waals surface area contributed by atoms with Gasteiger partial charge in [-0.25, -0.2) is 0 Å². The Kier molecular flexibility index (Phi) is 6.49. The van der Waals surface area contributed by atoms with Gasteiger partial charge in [0.2, 0.25) is 0 Å². The molecule has 0 fully saturated rings. The molecule has 0 saturated heterocycles. The van der Waals surface area contributed by atoms with E-state index in [2.05, 4.69) is 5.32 Å². The minimum absolute atomic E-state index is 0.0941. The molecule has 112 valence electrons. The zero-order chi connectivity index (χ0) is 15.3. The summed E-state index contributed by atoms with van der Waals surface area (Å²) in [5, 5.41) is 11.9. The summed E-state index contributed by atoms with van der Waals surface area (Å²) in [4.78, 5) is 23.2. The molecule has 0 aromatic heterocycles. The number of methoxy groups -OCH3 is 1. The van der Waals surface area contributed by atoms with Crippen LogP contribution in [0.4, 0.5) is 0 Å². The lowest BCUT2D eigenvalue weighted by Crippen LogP contribution is -2.47. The number of carbonyl (C=O) groups is 2. The summed E-state index contributed by atoms with van der Waals surface area (Å²) in [6.07, 6.45) is 1.05. The molecule has 5 nitrogen and oxygen atoms in total. The van der Waals surface area contributed by atoms with Crippen LogP contribution in [-0.4, -0.2) is 36.2 Å². The zero-order valence-corrected chi connectivity index (χ0v) is 12.9. The van der Waals surface area contributed by atoms with Gasteiger partial charge in [-0.3, -0.25) is 9.59 Å². The van der Waals surface area contributed by atoms with E-state index in [-0.39, 0.29) is 17.9 Å². The highest BCUT2D eigenvalue weighted by Gasteiger charge is 2.32. The minimum Gasteiger partial charge on any atom is -0.481 e. The monoisotopic (exact) mass is 273 g/mol. The first-order chi connectivity index (χ1) is 8.55. The molecule has 0 heterocycles. The Labute approximate surface area is 115 Å². The molecule has 0 aliphatic heterocycles. The third kappa shape index (κ3) is 6.05. The van der Waals surface area contributed by atoms with E-state index in [0.717, 1.165) is 0 Å². The third-order valence-corrected chi connectivity index (χ3v) is 3.32. The summed E-state index contributed by atoms with van der Waals surface area (Å²) in [5.74, 6) is -1.73. The van der Waals surface area contributed by atoms with Gasteiger partial charge in [-0.1, -0.05) is 27.7 Å². The van der Waals surface area contributed by atoms with Gasteiger partial charge in [0.1, 0.15) is 5.60 Å². The van der Waals surface area contributed by atoms with Crippen molar-refractivity contribution < 1.29 is 19.4 Å². The molecule has 1 amide bonds. The van der Waals surface area contributed by atoms with Crippen molar-refractivity contribution in [1.82, 2.24) is 5.32 Å². The van der Waals surface area contributed by atoms with Crippen molar-refractivity contribution in [2.45, 2.75) is 53.1 Å². The molecule has 5 heteroatoms. The summed E-state index contributed by atoms with van der Waals surface area (Å²) in [5.41, 5.74) is -0.992. The largest absolute Gasteiger partial charge is 0.481 e.